The van der Waals surface area contributed by atoms with E-state index in [4.69, 9.17) is 5.73 Å². The zero-order valence-corrected chi connectivity index (χ0v) is 13.1. The normalized spacial score (nSPS) is 24.8. The Hall–Kier alpha value is -0.430. The van der Waals surface area contributed by atoms with Crippen molar-refractivity contribution in [3.63, 3.8) is 0 Å². The highest BCUT2D eigenvalue weighted by molar-refractivity contribution is 7.89. The molecule has 19 heavy (non-hydrogen) atoms. The van der Waals surface area contributed by atoms with E-state index in [1.807, 2.05) is 0 Å². The molecule has 1 aliphatic carbocycles. The third-order valence-corrected chi connectivity index (χ3v) is 7.11. The van der Waals surface area contributed by atoms with Crippen molar-refractivity contribution in [1.82, 2.24) is 4.31 Å². The molecule has 1 aromatic rings. The summed E-state index contributed by atoms with van der Waals surface area (Å²) in [6.07, 6.45) is 4.13. The van der Waals surface area contributed by atoms with Gasteiger partial charge in [-0.1, -0.05) is 6.92 Å². The molecule has 0 aromatic carbocycles. The molecule has 0 amide bonds. The number of nitrogens with zero attached hydrogens (tertiary/aromatic N) is 1. The van der Waals surface area contributed by atoms with Gasteiger partial charge < -0.3 is 5.73 Å². The summed E-state index contributed by atoms with van der Waals surface area (Å²) in [6.45, 7) is 2.51. The fourth-order valence-electron chi connectivity index (χ4n) is 2.66. The van der Waals surface area contributed by atoms with E-state index in [0.717, 1.165) is 30.6 Å². The van der Waals surface area contributed by atoms with Crippen molar-refractivity contribution in [1.29, 1.82) is 0 Å². The van der Waals surface area contributed by atoms with Crippen LogP contribution < -0.4 is 5.73 Å². The molecule has 4 nitrogen and oxygen atoms in total. The number of rotatable bonds is 4. The second kappa shape index (κ2) is 5.91. The van der Waals surface area contributed by atoms with Crippen LogP contribution in [0, 0.1) is 5.92 Å². The lowest BCUT2D eigenvalue weighted by Gasteiger charge is -2.32. The van der Waals surface area contributed by atoms with Crippen molar-refractivity contribution in [2.75, 3.05) is 7.05 Å². The summed E-state index contributed by atoms with van der Waals surface area (Å²) in [5, 5.41) is 1.80. The fraction of sp³-hybridized carbons (Fsp3) is 0.692. The maximum atomic E-state index is 12.6. The summed E-state index contributed by atoms with van der Waals surface area (Å²) in [5.41, 5.74) is 5.62. The summed E-state index contributed by atoms with van der Waals surface area (Å²) in [5.74, 6) is 0.716. The van der Waals surface area contributed by atoms with Crippen LogP contribution in [-0.4, -0.2) is 25.8 Å². The van der Waals surface area contributed by atoms with Gasteiger partial charge >= 0.3 is 0 Å². The third-order valence-electron chi connectivity index (χ3n) is 4.05. The van der Waals surface area contributed by atoms with Crippen LogP contribution in [0.3, 0.4) is 0 Å². The minimum Gasteiger partial charge on any atom is -0.326 e. The molecule has 6 heteroatoms. The summed E-state index contributed by atoms with van der Waals surface area (Å²) in [4.78, 5) is 1.14. The topological polar surface area (TPSA) is 63.4 Å². The highest BCUT2D eigenvalue weighted by Gasteiger charge is 2.32. The van der Waals surface area contributed by atoms with Crippen LogP contribution in [0.25, 0.3) is 0 Å². The Labute approximate surface area is 119 Å². The molecule has 2 N–H and O–H groups in total. The predicted molar refractivity (Wildman–Crippen MR) is 78.6 cm³/mol. The molecule has 2 rings (SSSR count). The van der Waals surface area contributed by atoms with Crippen LogP contribution in [0.4, 0.5) is 0 Å². The van der Waals surface area contributed by atoms with E-state index in [1.165, 1.54) is 11.3 Å². The second-order valence-electron chi connectivity index (χ2n) is 5.35. The number of sulfonamides is 1. The van der Waals surface area contributed by atoms with Gasteiger partial charge in [0.1, 0.15) is 0 Å². The van der Waals surface area contributed by atoms with E-state index in [2.05, 4.69) is 6.92 Å². The standard InChI is InChI=1S/C13H22N2O2S2/c1-10-3-5-11(6-4-10)15(2)19(16,17)13-7-8-18-12(13)9-14/h7-8,10-11H,3-6,9,14H2,1-2H3. The Morgan fingerprint density at radius 1 is 1.37 bits per heavy atom. The van der Waals surface area contributed by atoms with Crippen LogP contribution in [0.2, 0.25) is 0 Å². The molecule has 0 aliphatic heterocycles. The largest absolute Gasteiger partial charge is 0.326 e. The van der Waals surface area contributed by atoms with Gasteiger partial charge in [0.25, 0.3) is 0 Å². The van der Waals surface area contributed by atoms with Crippen LogP contribution in [0.15, 0.2) is 16.3 Å². The highest BCUT2D eigenvalue weighted by atomic mass is 32.2. The Kier molecular flexibility index (Phi) is 4.66. The molecule has 1 aliphatic rings. The van der Waals surface area contributed by atoms with Crippen molar-refractivity contribution in [2.45, 2.75) is 50.1 Å². The Bertz CT molecular complexity index is 517. The zero-order chi connectivity index (χ0) is 14.0. The second-order valence-corrected chi connectivity index (χ2v) is 8.31. The highest BCUT2D eigenvalue weighted by Crippen LogP contribution is 2.31. The Balaban J connectivity index is 2.20. The van der Waals surface area contributed by atoms with Crippen molar-refractivity contribution in [3.8, 4) is 0 Å². The SMILES string of the molecule is CC1CCC(N(C)S(=O)(=O)c2ccsc2CN)CC1. The summed E-state index contributed by atoms with van der Waals surface area (Å²) in [7, 11) is -1.69. The molecule has 0 unspecified atom stereocenters. The molecule has 108 valence electrons. The first kappa shape index (κ1) is 15.0. The third kappa shape index (κ3) is 3.02. The minimum absolute atomic E-state index is 0.131. The molecular weight excluding hydrogens is 280 g/mol. The van der Waals surface area contributed by atoms with Gasteiger partial charge in [-0.15, -0.1) is 11.3 Å². The van der Waals surface area contributed by atoms with Gasteiger partial charge in [0.2, 0.25) is 10.0 Å². The predicted octanol–water partition coefficient (Wildman–Crippen LogP) is 2.41. The van der Waals surface area contributed by atoms with E-state index in [9.17, 15) is 8.42 Å². The smallest absolute Gasteiger partial charge is 0.244 e. The quantitative estimate of drug-likeness (QED) is 0.929. The van der Waals surface area contributed by atoms with Gasteiger partial charge in [0.05, 0.1) is 4.90 Å². The summed E-state index contributed by atoms with van der Waals surface area (Å²) in [6, 6.07) is 1.80. The van der Waals surface area contributed by atoms with E-state index < -0.39 is 10.0 Å². The van der Waals surface area contributed by atoms with E-state index in [0.29, 0.717) is 10.8 Å². The van der Waals surface area contributed by atoms with Crippen LogP contribution in [-0.2, 0) is 16.6 Å². The van der Waals surface area contributed by atoms with Crippen LogP contribution in [0.1, 0.15) is 37.5 Å². The number of nitrogens with two attached hydrogens (primary N) is 1. The fourth-order valence-corrected chi connectivity index (χ4v) is 5.38. The van der Waals surface area contributed by atoms with E-state index in [1.54, 1.807) is 22.8 Å². The monoisotopic (exact) mass is 302 g/mol. The lowest BCUT2D eigenvalue weighted by Crippen LogP contribution is -2.39. The first-order valence-electron chi connectivity index (χ1n) is 6.71. The first-order chi connectivity index (χ1) is 8.96. The number of hydrogen-bond acceptors (Lipinski definition) is 4. The molecule has 1 fully saturated rings. The lowest BCUT2D eigenvalue weighted by atomic mass is 9.87. The van der Waals surface area contributed by atoms with Gasteiger partial charge in [-0.2, -0.15) is 4.31 Å². The number of thiophene rings is 1. The molecule has 1 heterocycles. The molecular formula is C13H22N2O2S2. The molecule has 0 atom stereocenters. The van der Waals surface area contributed by atoms with Gasteiger partial charge in [-0.05, 0) is 43.0 Å². The molecule has 0 bridgehead atoms. The van der Waals surface area contributed by atoms with E-state index in [-0.39, 0.29) is 12.6 Å². The Morgan fingerprint density at radius 3 is 2.58 bits per heavy atom. The number of hydrogen-bond donors (Lipinski definition) is 1. The maximum absolute atomic E-state index is 12.6. The Morgan fingerprint density at radius 2 is 2.00 bits per heavy atom. The average Bonchev–Trinajstić information content (AvgIpc) is 2.87. The van der Waals surface area contributed by atoms with E-state index >= 15 is 0 Å². The molecule has 0 saturated heterocycles. The maximum Gasteiger partial charge on any atom is 0.244 e. The van der Waals surface area contributed by atoms with Gasteiger partial charge in [-0.25, -0.2) is 8.42 Å². The van der Waals surface area contributed by atoms with Gasteiger partial charge in [0, 0.05) is 24.5 Å². The average molecular weight is 302 g/mol. The molecule has 1 saturated carbocycles. The zero-order valence-electron chi connectivity index (χ0n) is 11.5. The van der Waals surface area contributed by atoms with Crippen molar-refractivity contribution < 1.29 is 8.42 Å². The molecule has 0 radical (unpaired) electrons. The first-order valence-corrected chi connectivity index (χ1v) is 9.03. The van der Waals surface area contributed by atoms with Crippen molar-refractivity contribution in [3.05, 3.63) is 16.3 Å². The lowest BCUT2D eigenvalue weighted by molar-refractivity contribution is 0.246. The minimum atomic E-state index is -3.39. The summed E-state index contributed by atoms with van der Waals surface area (Å²) >= 11 is 1.41. The summed E-state index contributed by atoms with van der Waals surface area (Å²) < 4.78 is 26.8. The van der Waals surface area contributed by atoms with Gasteiger partial charge in [-0.3, -0.25) is 0 Å². The molecule has 1 aromatic heterocycles. The van der Waals surface area contributed by atoms with Crippen LogP contribution in [0.5, 0.6) is 0 Å². The van der Waals surface area contributed by atoms with Gasteiger partial charge in [0.15, 0.2) is 0 Å². The van der Waals surface area contributed by atoms with Crippen LogP contribution >= 0.6 is 11.3 Å². The van der Waals surface area contributed by atoms with Crippen molar-refractivity contribution in [2.24, 2.45) is 11.7 Å². The molecule has 0 spiro atoms. The van der Waals surface area contributed by atoms with Crippen molar-refractivity contribution >= 4 is 21.4 Å².